The Labute approximate surface area is 94.6 Å². The fraction of sp³-hybridized carbons (Fsp3) is 0.583. The summed E-state index contributed by atoms with van der Waals surface area (Å²) in [5, 5.41) is 12.5. The van der Waals surface area contributed by atoms with Crippen molar-refractivity contribution in [1.29, 1.82) is 0 Å². The monoisotopic (exact) mass is 223 g/mol. The number of aliphatic hydroxyl groups is 1. The topological polar surface area (TPSA) is 62.5 Å². The predicted molar refractivity (Wildman–Crippen MR) is 59.2 cm³/mol. The summed E-state index contributed by atoms with van der Waals surface area (Å²) in [6.45, 7) is 2.28. The molecule has 0 atom stereocenters. The van der Waals surface area contributed by atoms with Gasteiger partial charge in [-0.05, 0) is 31.4 Å². The van der Waals surface area contributed by atoms with Gasteiger partial charge in [0.15, 0.2) is 5.76 Å². The van der Waals surface area contributed by atoms with E-state index in [0.29, 0.717) is 12.3 Å². The van der Waals surface area contributed by atoms with Crippen LogP contribution < -0.4 is 5.32 Å². The van der Waals surface area contributed by atoms with E-state index in [1.807, 2.05) is 6.92 Å². The highest BCUT2D eigenvalue weighted by Gasteiger charge is 2.34. The van der Waals surface area contributed by atoms with Crippen molar-refractivity contribution in [2.45, 2.75) is 38.2 Å². The van der Waals surface area contributed by atoms with E-state index in [0.717, 1.165) is 31.4 Å². The first-order valence-electron chi connectivity index (χ1n) is 5.72. The van der Waals surface area contributed by atoms with Gasteiger partial charge in [0, 0.05) is 13.0 Å². The highest BCUT2D eigenvalue weighted by molar-refractivity contribution is 5.91. The summed E-state index contributed by atoms with van der Waals surface area (Å²) >= 11 is 0. The second-order valence-corrected chi connectivity index (χ2v) is 4.38. The van der Waals surface area contributed by atoms with Crippen molar-refractivity contribution >= 4 is 5.91 Å². The van der Waals surface area contributed by atoms with Crippen LogP contribution in [-0.2, 0) is 6.42 Å². The van der Waals surface area contributed by atoms with Crippen LogP contribution in [0.15, 0.2) is 16.5 Å². The van der Waals surface area contributed by atoms with E-state index in [1.165, 1.54) is 0 Å². The van der Waals surface area contributed by atoms with E-state index in [-0.39, 0.29) is 5.91 Å². The lowest BCUT2D eigenvalue weighted by atomic mass is 9.80. The molecule has 1 saturated carbocycles. The van der Waals surface area contributed by atoms with Gasteiger partial charge in [-0.2, -0.15) is 0 Å². The standard InChI is InChI=1S/C12H17NO3/c1-2-9-4-5-10(16-9)11(14)13-8-12(15)6-3-7-12/h4-5,15H,2-3,6-8H2,1H3,(H,13,14). The first-order valence-corrected chi connectivity index (χ1v) is 5.72. The average molecular weight is 223 g/mol. The van der Waals surface area contributed by atoms with Crippen molar-refractivity contribution in [3.05, 3.63) is 23.7 Å². The van der Waals surface area contributed by atoms with Gasteiger partial charge in [0.05, 0.1) is 5.60 Å². The molecule has 1 amide bonds. The third-order valence-electron chi connectivity index (χ3n) is 3.10. The molecule has 0 radical (unpaired) electrons. The Morgan fingerprint density at radius 1 is 1.56 bits per heavy atom. The molecule has 4 nitrogen and oxygen atoms in total. The number of hydrogen-bond acceptors (Lipinski definition) is 3. The lowest BCUT2D eigenvalue weighted by molar-refractivity contribution is -0.0302. The molecule has 16 heavy (non-hydrogen) atoms. The van der Waals surface area contributed by atoms with Gasteiger partial charge < -0.3 is 14.8 Å². The first-order chi connectivity index (χ1) is 7.63. The van der Waals surface area contributed by atoms with Crippen LogP contribution in [0.2, 0.25) is 0 Å². The maximum absolute atomic E-state index is 11.6. The summed E-state index contributed by atoms with van der Waals surface area (Å²) in [6, 6.07) is 3.46. The number of hydrogen-bond donors (Lipinski definition) is 2. The summed E-state index contributed by atoms with van der Waals surface area (Å²) in [4.78, 5) is 11.6. The van der Waals surface area contributed by atoms with Crippen molar-refractivity contribution in [1.82, 2.24) is 5.32 Å². The van der Waals surface area contributed by atoms with E-state index in [9.17, 15) is 9.90 Å². The zero-order chi connectivity index (χ0) is 11.6. The first kappa shape index (κ1) is 11.2. The molecule has 2 rings (SSSR count). The van der Waals surface area contributed by atoms with Crippen LogP contribution in [0.5, 0.6) is 0 Å². The minimum Gasteiger partial charge on any atom is -0.456 e. The highest BCUT2D eigenvalue weighted by atomic mass is 16.3. The number of carbonyl (C=O) groups excluding carboxylic acids is 1. The smallest absolute Gasteiger partial charge is 0.287 e. The average Bonchev–Trinajstić information content (AvgIpc) is 2.71. The third kappa shape index (κ3) is 2.27. The lowest BCUT2D eigenvalue weighted by Gasteiger charge is -2.36. The molecule has 0 bridgehead atoms. The van der Waals surface area contributed by atoms with Gasteiger partial charge in [-0.1, -0.05) is 6.92 Å². The molecule has 2 N–H and O–H groups in total. The molecule has 88 valence electrons. The van der Waals surface area contributed by atoms with Gasteiger partial charge >= 0.3 is 0 Å². The Bertz CT molecular complexity index is 379. The van der Waals surface area contributed by atoms with Gasteiger partial charge in [0.2, 0.25) is 0 Å². The molecule has 1 aromatic rings. The van der Waals surface area contributed by atoms with Gasteiger partial charge in [0.25, 0.3) is 5.91 Å². The fourth-order valence-corrected chi connectivity index (χ4v) is 1.78. The Kier molecular flexibility index (Phi) is 3.01. The normalized spacial score (nSPS) is 17.9. The van der Waals surface area contributed by atoms with Crippen molar-refractivity contribution in [3.8, 4) is 0 Å². The van der Waals surface area contributed by atoms with E-state index in [2.05, 4.69) is 5.32 Å². The molecule has 1 aliphatic carbocycles. The van der Waals surface area contributed by atoms with Gasteiger partial charge in [-0.25, -0.2) is 0 Å². The number of amides is 1. The molecule has 0 aliphatic heterocycles. The Hall–Kier alpha value is -1.29. The second-order valence-electron chi connectivity index (χ2n) is 4.38. The van der Waals surface area contributed by atoms with Crippen LogP contribution in [0.4, 0.5) is 0 Å². The van der Waals surface area contributed by atoms with Gasteiger partial charge in [-0.3, -0.25) is 4.79 Å². The number of furan rings is 1. The molecule has 0 aromatic carbocycles. The molecule has 0 unspecified atom stereocenters. The van der Waals surface area contributed by atoms with Crippen LogP contribution >= 0.6 is 0 Å². The number of rotatable bonds is 4. The Morgan fingerprint density at radius 2 is 2.31 bits per heavy atom. The van der Waals surface area contributed by atoms with Gasteiger partial charge in [0.1, 0.15) is 5.76 Å². The summed E-state index contributed by atoms with van der Waals surface area (Å²) in [5.74, 6) is 0.868. The largest absolute Gasteiger partial charge is 0.456 e. The molecule has 0 saturated heterocycles. The number of carbonyl (C=O) groups is 1. The third-order valence-corrected chi connectivity index (χ3v) is 3.10. The van der Waals surface area contributed by atoms with Crippen LogP contribution in [0.3, 0.4) is 0 Å². The van der Waals surface area contributed by atoms with Crippen LogP contribution in [-0.4, -0.2) is 23.2 Å². The Balaban J connectivity index is 1.87. The van der Waals surface area contributed by atoms with E-state index in [1.54, 1.807) is 12.1 Å². The minimum atomic E-state index is -0.685. The quantitative estimate of drug-likeness (QED) is 0.812. The molecule has 1 aliphatic rings. The zero-order valence-electron chi connectivity index (χ0n) is 9.45. The summed E-state index contributed by atoms with van der Waals surface area (Å²) in [5.41, 5.74) is -0.685. The maximum atomic E-state index is 11.6. The van der Waals surface area contributed by atoms with Crippen molar-refractivity contribution in [2.24, 2.45) is 0 Å². The summed E-state index contributed by atoms with van der Waals surface area (Å²) < 4.78 is 5.32. The summed E-state index contributed by atoms with van der Waals surface area (Å²) in [7, 11) is 0. The predicted octanol–water partition coefficient (Wildman–Crippen LogP) is 1.49. The van der Waals surface area contributed by atoms with Gasteiger partial charge in [-0.15, -0.1) is 0 Å². The van der Waals surface area contributed by atoms with E-state index >= 15 is 0 Å². The molecular weight excluding hydrogens is 206 g/mol. The Morgan fingerprint density at radius 3 is 2.81 bits per heavy atom. The van der Waals surface area contributed by atoms with Crippen molar-refractivity contribution in [2.75, 3.05) is 6.54 Å². The van der Waals surface area contributed by atoms with Crippen LogP contribution in [0, 0.1) is 0 Å². The molecule has 1 heterocycles. The SMILES string of the molecule is CCc1ccc(C(=O)NCC2(O)CCC2)o1. The molecule has 1 aromatic heterocycles. The van der Waals surface area contributed by atoms with Crippen LogP contribution in [0.1, 0.15) is 42.5 Å². The second kappa shape index (κ2) is 4.29. The highest BCUT2D eigenvalue weighted by Crippen LogP contribution is 2.30. The molecule has 1 fully saturated rings. The number of nitrogens with one attached hydrogen (secondary N) is 1. The molecule has 0 spiro atoms. The van der Waals surface area contributed by atoms with Crippen molar-refractivity contribution in [3.63, 3.8) is 0 Å². The van der Waals surface area contributed by atoms with E-state index < -0.39 is 5.60 Å². The van der Waals surface area contributed by atoms with Crippen molar-refractivity contribution < 1.29 is 14.3 Å². The van der Waals surface area contributed by atoms with Crippen LogP contribution in [0.25, 0.3) is 0 Å². The zero-order valence-corrected chi connectivity index (χ0v) is 9.45. The lowest BCUT2D eigenvalue weighted by Crippen LogP contribution is -2.47. The molecular formula is C12H17NO3. The fourth-order valence-electron chi connectivity index (χ4n) is 1.78. The maximum Gasteiger partial charge on any atom is 0.287 e. The summed E-state index contributed by atoms with van der Waals surface area (Å²) in [6.07, 6.45) is 3.35. The minimum absolute atomic E-state index is 0.250. The number of aryl methyl sites for hydroxylation is 1. The van der Waals surface area contributed by atoms with E-state index in [4.69, 9.17) is 4.42 Å². The molecule has 4 heteroatoms.